The SMILES string of the molecule is CCN(C)c1cc(Br)ccc1N. The van der Waals surface area contributed by atoms with Crippen LogP contribution in [-0.2, 0) is 0 Å². The van der Waals surface area contributed by atoms with Crippen molar-refractivity contribution in [3.63, 3.8) is 0 Å². The monoisotopic (exact) mass is 228 g/mol. The molecule has 0 amide bonds. The van der Waals surface area contributed by atoms with Gasteiger partial charge in [0.25, 0.3) is 0 Å². The van der Waals surface area contributed by atoms with E-state index in [0.29, 0.717) is 0 Å². The molecular formula is C9H13BrN2. The van der Waals surface area contributed by atoms with Crippen molar-refractivity contribution in [1.82, 2.24) is 0 Å². The van der Waals surface area contributed by atoms with Crippen LogP contribution in [-0.4, -0.2) is 13.6 Å². The molecule has 0 heterocycles. The topological polar surface area (TPSA) is 29.3 Å². The molecule has 0 atom stereocenters. The number of nitrogen functional groups attached to an aromatic ring is 1. The minimum atomic E-state index is 0.822. The van der Waals surface area contributed by atoms with E-state index < -0.39 is 0 Å². The number of anilines is 2. The molecule has 0 radical (unpaired) electrons. The van der Waals surface area contributed by atoms with Crippen LogP contribution in [0.1, 0.15) is 6.92 Å². The first-order valence-corrected chi connectivity index (χ1v) is 4.70. The second kappa shape index (κ2) is 3.81. The van der Waals surface area contributed by atoms with Gasteiger partial charge in [-0.15, -0.1) is 0 Å². The molecule has 0 spiro atoms. The van der Waals surface area contributed by atoms with Crippen LogP contribution in [0.3, 0.4) is 0 Å². The van der Waals surface area contributed by atoms with Gasteiger partial charge in [-0.1, -0.05) is 15.9 Å². The second-order valence-electron chi connectivity index (χ2n) is 2.72. The van der Waals surface area contributed by atoms with Crippen molar-refractivity contribution in [2.45, 2.75) is 6.92 Å². The number of nitrogens with two attached hydrogens (primary N) is 1. The third-order valence-corrected chi connectivity index (χ3v) is 2.37. The van der Waals surface area contributed by atoms with Gasteiger partial charge in [-0.2, -0.15) is 0 Å². The zero-order valence-corrected chi connectivity index (χ0v) is 8.93. The zero-order valence-electron chi connectivity index (χ0n) is 7.34. The third kappa shape index (κ3) is 1.91. The maximum atomic E-state index is 5.80. The van der Waals surface area contributed by atoms with E-state index in [1.54, 1.807) is 0 Å². The Balaban J connectivity index is 3.04. The molecule has 0 aliphatic heterocycles. The molecule has 2 nitrogen and oxygen atoms in total. The van der Waals surface area contributed by atoms with Gasteiger partial charge in [0.2, 0.25) is 0 Å². The number of nitrogens with zero attached hydrogens (tertiary/aromatic N) is 1. The molecule has 0 unspecified atom stereocenters. The molecule has 0 aromatic heterocycles. The first-order valence-electron chi connectivity index (χ1n) is 3.91. The van der Waals surface area contributed by atoms with E-state index >= 15 is 0 Å². The molecule has 1 aromatic carbocycles. The molecule has 0 saturated carbocycles. The molecule has 66 valence electrons. The minimum Gasteiger partial charge on any atom is -0.397 e. The van der Waals surface area contributed by atoms with Gasteiger partial charge < -0.3 is 10.6 Å². The van der Waals surface area contributed by atoms with Gasteiger partial charge in [0.15, 0.2) is 0 Å². The highest BCUT2D eigenvalue weighted by Gasteiger charge is 2.02. The summed E-state index contributed by atoms with van der Waals surface area (Å²) in [5.74, 6) is 0. The molecule has 1 rings (SSSR count). The number of hydrogen-bond acceptors (Lipinski definition) is 2. The minimum absolute atomic E-state index is 0.822. The van der Waals surface area contributed by atoms with E-state index in [1.165, 1.54) is 0 Å². The molecule has 0 saturated heterocycles. The van der Waals surface area contributed by atoms with Crippen molar-refractivity contribution in [1.29, 1.82) is 0 Å². The summed E-state index contributed by atoms with van der Waals surface area (Å²) in [6.45, 7) is 3.06. The number of halogens is 1. The average Bonchev–Trinajstić information content (AvgIpc) is 2.08. The van der Waals surface area contributed by atoms with E-state index in [1.807, 2.05) is 25.2 Å². The molecular weight excluding hydrogens is 216 g/mol. The van der Waals surface area contributed by atoms with Crippen molar-refractivity contribution in [2.75, 3.05) is 24.2 Å². The Bertz CT molecular complexity index is 273. The number of benzene rings is 1. The van der Waals surface area contributed by atoms with Crippen molar-refractivity contribution < 1.29 is 0 Å². The van der Waals surface area contributed by atoms with Crippen LogP contribution in [0.2, 0.25) is 0 Å². The fourth-order valence-electron chi connectivity index (χ4n) is 1.02. The van der Waals surface area contributed by atoms with Crippen molar-refractivity contribution in [3.8, 4) is 0 Å². The molecule has 12 heavy (non-hydrogen) atoms. The van der Waals surface area contributed by atoms with Crippen LogP contribution in [0.5, 0.6) is 0 Å². The first kappa shape index (κ1) is 9.39. The van der Waals surface area contributed by atoms with Gasteiger partial charge in [0.05, 0.1) is 11.4 Å². The summed E-state index contributed by atoms with van der Waals surface area (Å²) in [4.78, 5) is 2.11. The lowest BCUT2D eigenvalue weighted by atomic mass is 10.2. The van der Waals surface area contributed by atoms with Gasteiger partial charge in [-0.05, 0) is 25.1 Å². The fraction of sp³-hybridized carbons (Fsp3) is 0.333. The molecule has 0 bridgehead atoms. The maximum absolute atomic E-state index is 5.80. The molecule has 2 N–H and O–H groups in total. The van der Waals surface area contributed by atoms with Gasteiger partial charge in [-0.25, -0.2) is 0 Å². The average molecular weight is 229 g/mol. The van der Waals surface area contributed by atoms with Crippen LogP contribution in [0.4, 0.5) is 11.4 Å². The zero-order chi connectivity index (χ0) is 9.14. The molecule has 3 heteroatoms. The Morgan fingerprint density at radius 3 is 2.75 bits per heavy atom. The summed E-state index contributed by atoms with van der Waals surface area (Å²) in [6, 6.07) is 5.88. The molecule has 0 aliphatic rings. The highest BCUT2D eigenvalue weighted by Crippen LogP contribution is 2.25. The normalized spacial score (nSPS) is 9.92. The molecule has 1 aromatic rings. The van der Waals surface area contributed by atoms with Gasteiger partial charge in [0, 0.05) is 18.1 Å². The lowest BCUT2D eigenvalue weighted by Gasteiger charge is -2.18. The summed E-state index contributed by atoms with van der Waals surface area (Å²) < 4.78 is 1.06. The van der Waals surface area contributed by atoms with Crippen molar-refractivity contribution >= 4 is 27.3 Å². The predicted molar refractivity (Wildman–Crippen MR) is 57.5 cm³/mol. The molecule has 0 aliphatic carbocycles. The smallest absolute Gasteiger partial charge is 0.0608 e. The summed E-state index contributed by atoms with van der Waals surface area (Å²) in [5, 5.41) is 0. The first-order chi connectivity index (χ1) is 5.65. The maximum Gasteiger partial charge on any atom is 0.0608 e. The van der Waals surface area contributed by atoms with Gasteiger partial charge in [0.1, 0.15) is 0 Å². The van der Waals surface area contributed by atoms with Crippen LogP contribution >= 0.6 is 15.9 Å². The fourth-order valence-corrected chi connectivity index (χ4v) is 1.37. The lowest BCUT2D eigenvalue weighted by Crippen LogP contribution is -2.17. The highest BCUT2D eigenvalue weighted by atomic mass is 79.9. The summed E-state index contributed by atoms with van der Waals surface area (Å²) in [6.07, 6.45) is 0. The summed E-state index contributed by atoms with van der Waals surface area (Å²) in [7, 11) is 2.03. The van der Waals surface area contributed by atoms with E-state index in [-0.39, 0.29) is 0 Å². The highest BCUT2D eigenvalue weighted by molar-refractivity contribution is 9.10. The van der Waals surface area contributed by atoms with Crippen LogP contribution in [0.15, 0.2) is 22.7 Å². The molecule has 0 fully saturated rings. The van der Waals surface area contributed by atoms with Gasteiger partial charge >= 0.3 is 0 Å². The Morgan fingerprint density at radius 2 is 2.17 bits per heavy atom. The van der Waals surface area contributed by atoms with Crippen molar-refractivity contribution in [2.24, 2.45) is 0 Å². The van der Waals surface area contributed by atoms with E-state index in [0.717, 1.165) is 22.4 Å². The number of rotatable bonds is 2. The van der Waals surface area contributed by atoms with Gasteiger partial charge in [-0.3, -0.25) is 0 Å². The lowest BCUT2D eigenvalue weighted by molar-refractivity contribution is 0.969. The Labute approximate surface area is 81.5 Å². The predicted octanol–water partition coefficient (Wildman–Crippen LogP) is 2.49. The Hall–Kier alpha value is -0.700. The second-order valence-corrected chi connectivity index (χ2v) is 3.63. The quantitative estimate of drug-likeness (QED) is 0.789. The van der Waals surface area contributed by atoms with Crippen LogP contribution in [0.25, 0.3) is 0 Å². The van der Waals surface area contributed by atoms with Crippen molar-refractivity contribution in [3.05, 3.63) is 22.7 Å². The Kier molecular flexibility index (Phi) is 2.98. The Morgan fingerprint density at radius 1 is 1.50 bits per heavy atom. The van der Waals surface area contributed by atoms with E-state index in [2.05, 4.69) is 27.8 Å². The number of hydrogen-bond donors (Lipinski definition) is 1. The third-order valence-electron chi connectivity index (χ3n) is 1.88. The van der Waals surface area contributed by atoms with E-state index in [9.17, 15) is 0 Å². The van der Waals surface area contributed by atoms with E-state index in [4.69, 9.17) is 5.73 Å². The summed E-state index contributed by atoms with van der Waals surface area (Å²) >= 11 is 3.41. The summed E-state index contributed by atoms with van der Waals surface area (Å²) in [5.41, 5.74) is 7.70. The van der Waals surface area contributed by atoms with Crippen LogP contribution < -0.4 is 10.6 Å². The largest absolute Gasteiger partial charge is 0.397 e. The van der Waals surface area contributed by atoms with Crippen LogP contribution in [0, 0.1) is 0 Å². The standard InChI is InChI=1S/C9H13BrN2/c1-3-12(2)9-6-7(10)4-5-8(9)11/h4-6H,3,11H2,1-2H3.